The van der Waals surface area contributed by atoms with Crippen LogP contribution in [0.15, 0.2) is 78.7 Å². The summed E-state index contributed by atoms with van der Waals surface area (Å²) in [6.07, 6.45) is 1.63. The molecular formula is C24H18FN5OS. The second-order valence-corrected chi connectivity index (χ2v) is 7.86. The van der Waals surface area contributed by atoms with Crippen molar-refractivity contribution in [3.63, 3.8) is 0 Å². The first-order valence-electron chi connectivity index (χ1n) is 9.75. The zero-order chi connectivity index (χ0) is 22.5. The van der Waals surface area contributed by atoms with Crippen molar-refractivity contribution in [1.82, 2.24) is 19.7 Å². The van der Waals surface area contributed by atoms with Crippen LogP contribution in [-0.4, -0.2) is 32.1 Å². The Bertz CT molecular complexity index is 1290. The smallest absolute Gasteiger partial charge is 0.294 e. The van der Waals surface area contributed by atoms with E-state index in [1.165, 1.54) is 28.2 Å². The van der Waals surface area contributed by atoms with Gasteiger partial charge in [-0.25, -0.2) is 14.1 Å². The molecule has 0 bridgehead atoms. The number of thiophene rings is 1. The molecule has 32 heavy (non-hydrogen) atoms. The third-order valence-electron chi connectivity index (χ3n) is 4.69. The molecule has 2 heterocycles. The Labute approximate surface area is 188 Å². The second-order valence-electron chi connectivity index (χ2n) is 6.91. The molecule has 0 unspecified atom stereocenters. The van der Waals surface area contributed by atoms with Crippen molar-refractivity contribution in [2.75, 3.05) is 6.54 Å². The van der Waals surface area contributed by atoms with Gasteiger partial charge in [0.25, 0.3) is 5.91 Å². The summed E-state index contributed by atoms with van der Waals surface area (Å²) >= 11 is 1.45. The van der Waals surface area contributed by atoms with Crippen LogP contribution in [0.2, 0.25) is 0 Å². The third-order valence-corrected chi connectivity index (χ3v) is 5.55. The van der Waals surface area contributed by atoms with Crippen molar-refractivity contribution < 1.29 is 9.18 Å². The van der Waals surface area contributed by atoms with Crippen LogP contribution in [0.3, 0.4) is 0 Å². The van der Waals surface area contributed by atoms with E-state index < -0.39 is 5.82 Å². The first-order chi connectivity index (χ1) is 15.6. The second kappa shape index (κ2) is 9.37. The van der Waals surface area contributed by atoms with E-state index in [0.717, 1.165) is 10.4 Å². The lowest BCUT2D eigenvalue weighted by Crippen LogP contribution is -2.31. The minimum absolute atomic E-state index is 0.00755. The summed E-state index contributed by atoms with van der Waals surface area (Å²) in [4.78, 5) is 20.2. The van der Waals surface area contributed by atoms with Gasteiger partial charge in [0.05, 0.1) is 22.2 Å². The summed E-state index contributed by atoms with van der Waals surface area (Å²) in [6, 6.07) is 18.8. The quantitative estimate of drug-likeness (QED) is 0.383. The number of nitriles is 1. The first kappa shape index (κ1) is 21.2. The molecule has 0 fully saturated rings. The summed E-state index contributed by atoms with van der Waals surface area (Å²) in [5.74, 6) is -0.307. The Morgan fingerprint density at radius 3 is 2.69 bits per heavy atom. The minimum atomic E-state index is -0.405. The zero-order valence-electron chi connectivity index (χ0n) is 17.0. The van der Waals surface area contributed by atoms with E-state index in [1.54, 1.807) is 47.4 Å². The topological polar surface area (TPSA) is 74.8 Å². The van der Waals surface area contributed by atoms with Gasteiger partial charge in [0, 0.05) is 13.1 Å². The van der Waals surface area contributed by atoms with Crippen molar-refractivity contribution >= 4 is 17.2 Å². The summed E-state index contributed by atoms with van der Waals surface area (Å²) < 4.78 is 15.3. The van der Waals surface area contributed by atoms with Gasteiger partial charge >= 0.3 is 0 Å². The van der Waals surface area contributed by atoms with Crippen molar-refractivity contribution in [1.29, 1.82) is 5.26 Å². The molecule has 0 N–H and O–H groups in total. The number of hydrogen-bond acceptors (Lipinski definition) is 5. The average Bonchev–Trinajstić information content (AvgIpc) is 3.49. The van der Waals surface area contributed by atoms with E-state index in [-0.39, 0.29) is 11.7 Å². The Kier molecular flexibility index (Phi) is 6.19. The predicted molar refractivity (Wildman–Crippen MR) is 121 cm³/mol. The Hall–Kier alpha value is -4.09. The molecule has 0 spiro atoms. The lowest BCUT2D eigenvalue weighted by Gasteiger charge is -2.19. The molecule has 2 aromatic carbocycles. The molecule has 4 rings (SSSR count). The Morgan fingerprint density at radius 2 is 2.03 bits per heavy atom. The molecule has 8 heteroatoms. The Balaban J connectivity index is 1.70. The molecule has 0 saturated carbocycles. The van der Waals surface area contributed by atoms with Crippen LogP contribution >= 0.6 is 11.3 Å². The van der Waals surface area contributed by atoms with E-state index in [2.05, 4.69) is 22.7 Å². The molecule has 0 aliphatic rings. The van der Waals surface area contributed by atoms with Gasteiger partial charge in [-0.3, -0.25) is 4.79 Å². The molecular weight excluding hydrogens is 425 g/mol. The fourth-order valence-electron chi connectivity index (χ4n) is 3.18. The van der Waals surface area contributed by atoms with Gasteiger partial charge in [0.2, 0.25) is 5.82 Å². The predicted octanol–water partition coefficient (Wildman–Crippen LogP) is 4.83. The van der Waals surface area contributed by atoms with Crippen molar-refractivity contribution in [2.24, 2.45) is 0 Å². The summed E-state index contributed by atoms with van der Waals surface area (Å²) in [6.45, 7) is 4.34. The Morgan fingerprint density at radius 1 is 1.22 bits per heavy atom. The number of rotatable bonds is 7. The maximum Gasteiger partial charge on any atom is 0.294 e. The van der Waals surface area contributed by atoms with Crippen LogP contribution in [0.25, 0.3) is 16.4 Å². The largest absolute Gasteiger partial charge is 0.328 e. The normalized spacial score (nSPS) is 10.5. The fraction of sp³-hybridized carbons (Fsp3) is 0.0833. The highest BCUT2D eigenvalue weighted by molar-refractivity contribution is 7.13. The number of carbonyl (C=O) groups excluding carboxylic acids is 1. The summed E-state index contributed by atoms with van der Waals surface area (Å²) in [5, 5.41) is 15.3. The standard InChI is InChI=1S/C24H18FN5OS/c1-2-12-29(16-18-10-8-17(15-26)9-11-18)24(31)22-27-23(21-7-4-13-32-21)30(28-22)20-6-3-5-19(25)14-20/h2-11,13-14H,1,12,16H2. The van der Waals surface area contributed by atoms with Crippen molar-refractivity contribution in [2.45, 2.75) is 6.54 Å². The minimum Gasteiger partial charge on any atom is -0.328 e. The maximum atomic E-state index is 13.9. The van der Waals surface area contributed by atoms with E-state index in [0.29, 0.717) is 30.2 Å². The molecule has 0 aliphatic heterocycles. The van der Waals surface area contributed by atoms with Gasteiger partial charge < -0.3 is 4.90 Å². The highest BCUT2D eigenvalue weighted by Gasteiger charge is 2.24. The first-order valence-corrected chi connectivity index (χ1v) is 10.6. The lowest BCUT2D eigenvalue weighted by atomic mass is 10.1. The SMILES string of the molecule is C=CCN(Cc1ccc(C#N)cc1)C(=O)c1nc(-c2cccs2)n(-c2cccc(F)c2)n1. The van der Waals surface area contributed by atoms with E-state index in [1.807, 2.05) is 17.5 Å². The maximum absolute atomic E-state index is 13.9. The highest BCUT2D eigenvalue weighted by atomic mass is 32.1. The van der Waals surface area contributed by atoms with Gasteiger partial charge in [0.1, 0.15) is 5.82 Å². The number of hydrogen-bond donors (Lipinski definition) is 0. The van der Waals surface area contributed by atoms with Gasteiger partial charge in [-0.05, 0) is 47.3 Å². The molecule has 0 saturated heterocycles. The van der Waals surface area contributed by atoms with Crippen LogP contribution in [0.5, 0.6) is 0 Å². The zero-order valence-corrected chi connectivity index (χ0v) is 17.8. The number of benzene rings is 2. The van der Waals surface area contributed by atoms with Crippen LogP contribution in [0.4, 0.5) is 4.39 Å². The third kappa shape index (κ3) is 4.48. The summed E-state index contributed by atoms with van der Waals surface area (Å²) in [7, 11) is 0. The molecule has 0 atom stereocenters. The van der Waals surface area contributed by atoms with Gasteiger partial charge in [-0.2, -0.15) is 5.26 Å². The van der Waals surface area contributed by atoms with E-state index in [4.69, 9.17) is 5.26 Å². The number of halogens is 1. The molecule has 4 aromatic rings. The van der Waals surface area contributed by atoms with E-state index >= 15 is 0 Å². The lowest BCUT2D eigenvalue weighted by molar-refractivity contribution is 0.0750. The highest BCUT2D eigenvalue weighted by Crippen LogP contribution is 2.26. The van der Waals surface area contributed by atoms with Crippen molar-refractivity contribution in [3.8, 4) is 22.5 Å². The summed E-state index contributed by atoms with van der Waals surface area (Å²) in [5.41, 5.74) is 1.89. The molecule has 2 aromatic heterocycles. The molecule has 158 valence electrons. The van der Waals surface area contributed by atoms with Gasteiger partial charge in [0.15, 0.2) is 5.82 Å². The average molecular weight is 444 g/mol. The van der Waals surface area contributed by atoms with Crippen LogP contribution in [-0.2, 0) is 6.54 Å². The van der Waals surface area contributed by atoms with Crippen LogP contribution in [0, 0.1) is 17.1 Å². The number of carbonyl (C=O) groups is 1. The number of nitrogens with zero attached hydrogens (tertiary/aromatic N) is 5. The van der Waals surface area contributed by atoms with Crippen LogP contribution in [0.1, 0.15) is 21.7 Å². The number of amides is 1. The van der Waals surface area contributed by atoms with Crippen molar-refractivity contribution in [3.05, 3.63) is 101 Å². The monoisotopic (exact) mass is 443 g/mol. The number of aromatic nitrogens is 3. The van der Waals surface area contributed by atoms with E-state index in [9.17, 15) is 9.18 Å². The van der Waals surface area contributed by atoms with Gasteiger partial charge in [-0.1, -0.05) is 30.3 Å². The molecule has 0 aliphatic carbocycles. The molecule has 1 amide bonds. The molecule has 6 nitrogen and oxygen atoms in total. The molecule has 0 radical (unpaired) electrons. The van der Waals surface area contributed by atoms with Crippen LogP contribution < -0.4 is 0 Å². The fourth-order valence-corrected chi connectivity index (χ4v) is 3.88. The van der Waals surface area contributed by atoms with Gasteiger partial charge in [-0.15, -0.1) is 23.0 Å².